The molecule has 0 radical (unpaired) electrons. The van der Waals surface area contributed by atoms with Crippen molar-refractivity contribution in [3.8, 4) is 12.1 Å². The van der Waals surface area contributed by atoms with Crippen molar-refractivity contribution in [3.05, 3.63) is 47.5 Å². The summed E-state index contributed by atoms with van der Waals surface area (Å²) < 4.78 is 26.8. The van der Waals surface area contributed by atoms with Crippen molar-refractivity contribution in [2.24, 2.45) is 0 Å². The summed E-state index contributed by atoms with van der Waals surface area (Å²) in [6.07, 6.45) is 0. The van der Waals surface area contributed by atoms with Crippen LogP contribution in [0.4, 0.5) is 5.69 Å². The summed E-state index contributed by atoms with van der Waals surface area (Å²) in [5.74, 6) is 0. The van der Waals surface area contributed by atoms with Gasteiger partial charge in [-0.1, -0.05) is 18.2 Å². The van der Waals surface area contributed by atoms with Gasteiger partial charge >= 0.3 is 7.29 Å². The minimum Gasteiger partial charge on any atom is -0.372 e. The van der Waals surface area contributed by atoms with Crippen LogP contribution in [0.1, 0.15) is 12.5 Å². The molecule has 0 spiro atoms. The number of anilines is 1. The van der Waals surface area contributed by atoms with E-state index in [2.05, 4.69) is 0 Å². The van der Waals surface area contributed by atoms with Crippen LogP contribution in [-0.4, -0.2) is 28.6 Å². The number of hydrogen-bond acceptors (Lipinski definition) is 6. The number of fused-ring (bicyclic) bond motifs is 1. The summed E-state index contributed by atoms with van der Waals surface area (Å²) >= 11 is 1.26. The molecule has 0 heterocycles. The van der Waals surface area contributed by atoms with Crippen LogP contribution < -0.4 is 4.90 Å². The molecule has 0 N–H and O–H groups in total. The van der Waals surface area contributed by atoms with Crippen LogP contribution in [-0.2, 0) is 11.5 Å². The second-order valence-corrected chi connectivity index (χ2v) is 9.86. The van der Waals surface area contributed by atoms with Gasteiger partial charge in [0.25, 0.3) is 0 Å². The van der Waals surface area contributed by atoms with Crippen LogP contribution in [0.25, 0.3) is 16.3 Å². The van der Waals surface area contributed by atoms with Gasteiger partial charge in [0, 0.05) is 19.3 Å². The van der Waals surface area contributed by atoms with Crippen LogP contribution in [0.2, 0.25) is 0 Å². The lowest BCUT2D eigenvalue weighted by atomic mass is 9.99. The first-order valence-electron chi connectivity index (χ1n) is 7.60. The van der Waals surface area contributed by atoms with Crippen molar-refractivity contribution < 1.29 is 12.6 Å². The molecule has 0 fully saturated rings. The molecular weight excluding hydrogens is 465 g/mol. The van der Waals surface area contributed by atoms with Crippen LogP contribution in [0.3, 0.4) is 0 Å². The maximum atomic E-state index is 11.0. The summed E-state index contributed by atoms with van der Waals surface area (Å²) in [6, 6.07) is 15.4. The smallest absolute Gasteiger partial charge is 0.321 e. The van der Waals surface area contributed by atoms with Crippen LogP contribution in [0, 0.1) is 22.7 Å². The summed E-state index contributed by atoms with van der Waals surface area (Å²) in [4.78, 5) is 1.91. The second kappa shape index (κ2) is 8.49. The largest absolute Gasteiger partial charge is 0.372 e. The fourth-order valence-corrected chi connectivity index (χ4v) is 3.26. The Morgan fingerprint density at radius 2 is 1.77 bits per heavy atom. The predicted molar refractivity (Wildman–Crippen MR) is 110 cm³/mol. The lowest BCUT2D eigenvalue weighted by molar-refractivity contribution is 0.339. The number of rotatable bonds is 6. The second-order valence-electron chi connectivity index (χ2n) is 5.61. The maximum absolute atomic E-state index is 11.0. The SMILES string of the molecule is CC(=C(C#N)C#N)c1ccc2cc(N(C)CCOS(=O)(=O)I)ccc2c1. The molecule has 6 nitrogen and oxygen atoms in total. The molecule has 0 unspecified atom stereocenters. The molecule has 0 aliphatic rings. The Balaban J connectivity index is 2.25. The third-order valence-electron chi connectivity index (χ3n) is 3.95. The molecule has 0 aliphatic heterocycles. The molecule has 26 heavy (non-hydrogen) atoms. The minimum atomic E-state index is -3.47. The van der Waals surface area contributed by atoms with E-state index in [1.54, 1.807) is 6.92 Å². The normalized spacial score (nSPS) is 10.8. The summed E-state index contributed by atoms with van der Waals surface area (Å²) in [6.45, 7) is 2.27. The molecule has 0 bridgehead atoms. The van der Waals surface area contributed by atoms with Crippen molar-refractivity contribution in [1.29, 1.82) is 10.5 Å². The van der Waals surface area contributed by atoms with E-state index in [0.29, 0.717) is 12.1 Å². The van der Waals surface area contributed by atoms with E-state index >= 15 is 0 Å². The van der Waals surface area contributed by atoms with E-state index in [1.807, 2.05) is 60.5 Å². The Morgan fingerprint density at radius 3 is 2.38 bits per heavy atom. The molecule has 2 rings (SSSR count). The van der Waals surface area contributed by atoms with Gasteiger partial charge < -0.3 is 4.90 Å². The van der Waals surface area contributed by atoms with Gasteiger partial charge in [0.05, 0.1) is 6.61 Å². The van der Waals surface area contributed by atoms with Crippen LogP contribution >= 0.6 is 21.2 Å². The highest BCUT2D eigenvalue weighted by molar-refractivity contribution is 14.2. The van der Waals surface area contributed by atoms with E-state index in [-0.39, 0.29) is 12.2 Å². The van der Waals surface area contributed by atoms with Gasteiger partial charge in [0.1, 0.15) is 38.9 Å². The highest BCUT2D eigenvalue weighted by atomic mass is 127. The van der Waals surface area contributed by atoms with Gasteiger partial charge in [-0.05, 0) is 47.0 Å². The number of likely N-dealkylation sites (N-methyl/N-ethyl adjacent to an activating group) is 1. The van der Waals surface area contributed by atoms with Gasteiger partial charge in [-0.2, -0.15) is 18.9 Å². The van der Waals surface area contributed by atoms with Crippen LogP contribution in [0.5, 0.6) is 0 Å². The maximum Gasteiger partial charge on any atom is 0.321 e. The zero-order chi connectivity index (χ0) is 19.3. The fraction of sp³-hybridized carbons (Fsp3) is 0.222. The summed E-state index contributed by atoms with van der Waals surface area (Å²) in [5.41, 5.74) is 2.51. The zero-order valence-corrected chi connectivity index (χ0v) is 17.2. The average molecular weight is 481 g/mol. The van der Waals surface area contributed by atoms with E-state index in [1.165, 1.54) is 21.2 Å². The molecule has 2 aromatic carbocycles. The van der Waals surface area contributed by atoms with E-state index in [4.69, 9.17) is 14.7 Å². The van der Waals surface area contributed by atoms with E-state index in [9.17, 15) is 8.42 Å². The highest BCUT2D eigenvalue weighted by Crippen LogP contribution is 2.26. The van der Waals surface area contributed by atoms with Crippen molar-refractivity contribution in [1.82, 2.24) is 0 Å². The first kappa shape index (κ1) is 20.2. The molecule has 0 aliphatic carbocycles. The van der Waals surface area contributed by atoms with Crippen LogP contribution in [0.15, 0.2) is 42.0 Å². The Hall–Kier alpha value is -2.14. The number of halogens is 1. The average Bonchev–Trinajstić information content (AvgIpc) is 2.60. The molecule has 2 aromatic rings. The summed E-state index contributed by atoms with van der Waals surface area (Å²) in [7, 11) is -1.61. The van der Waals surface area contributed by atoms with Crippen molar-refractivity contribution in [2.75, 3.05) is 25.1 Å². The van der Waals surface area contributed by atoms with Gasteiger partial charge in [-0.15, -0.1) is 0 Å². The number of nitriles is 2. The number of nitrogens with zero attached hydrogens (tertiary/aromatic N) is 3. The van der Waals surface area contributed by atoms with Gasteiger partial charge in [0.2, 0.25) is 0 Å². The molecule has 8 heteroatoms. The molecule has 134 valence electrons. The Labute approximate surface area is 165 Å². The minimum absolute atomic E-state index is 0.0772. The fourth-order valence-electron chi connectivity index (χ4n) is 2.44. The van der Waals surface area contributed by atoms with Gasteiger partial charge in [-0.3, -0.25) is 4.18 Å². The third kappa shape index (κ3) is 5.18. The lowest BCUT2D eigenvalue weighted by Gasteiger charge is -2.19. The Morgan fingerprint density at radius 1 is 1.15 bits per heavy atom. The molecule has 0 saturated carbocycles. The number of allylic oxidation sites excluding steroid dienone is 2. The quantitative estimate of drug-likeness (QED) is 0.354. The number of hydrogen-bond donors (Lipinski definition) is 0. The Bertz CT molecular complexity index is 1030. The molecule has 0 amide bonds. The number of benzene rings is 2. The molecule has 0 atom stereocenters. The standard InChI is InChI=1S/C18H16IN3O3S/c1-13(17(11-20)12-21)14-3-4-16-10-18(6-5-15(16)9-14)22(2)7-8-25-26(19,23)24/h3-6,9-10H,7-8H2,1-2H3. The van der Waals surface area contributed by atoms with E-state index in [0.717, 1.165) is 22.0 Å². The summed E-state index contributed by atoms with van der Waals surface area (Å²) in [5, 5.41) is 20.0. The highest BCUT2D eigenvalue weighted by Gasteiger charge is 2.08. The van der Waals surface area contributed by atoms with Gasteiger partial charge in [-0.25, -0.2) is 0 Å². The first-order chi connectivity index (χ1) is 12.2. The Kier molecular flexibility index (Phi) is 6.59. The molecule has 0 saturated heterocycles. The van der Waals surface area contributed by atoms with E-state index < -0.39 is 7.29 Å². The first-order valence-corrected chi connectivity index (χ1v) is 11.6. The lowest BCUT2D eigenvalue weighted by Crippen LogP contribution is -2.22. The zero-order valence-electron chi connectivity index (χ0n) is 14.2. The van der Waals surface area contributed by atoms with Crippen molar-refractivity contribution >= 4 is 50.5 Å². The third-order valence-corrected chi connectivity index (χ3v) is 5.16. The molecular formula is C18H16IN3O3S. The molecule has 0 aromatic heterocycles. The van der Waals surface area contributed by atoms with Gasteiger partial charge in [0.15, 0.2) is 0 Å². The topological polar surface area (TPSA) is 94.2 Å². The monoisotopic (exact) mass is 481 g/mol. The van der Waals surface area contributed by atoms with Crippen molar-refractivity contribution in [3.63, 3.8) is 0 Å². The van der Waals surface area contributed by atoms with Crippen molar-refractivity contribution in [2.45, 2.75) is 6.92 Å². The predicted octanol–water partition coefficient (Wildman–Crippen LogP) is 3.79.